The maximum Gasteiger partial charge on any atom is 0.228 e. The fourth-order valence-electron chi connectivity index (χ4n) is 2.97. The molecule has 1 aromatic heterocycles. The number of rotatable bonds is 5. The number of aromatic nitrogens is 1. The van der Waals surface area contributed by atoms with Gasteiger partial charge in [-0.2, -0.15) is 0 Å². The number of nitrogens with zero attached hydrogens (tertiary/aromatic N) is 2. The van der Waals surface area contributed by atoms with Crippen molar-refractivity contribution in [3.63, 3.8) is 0 Å². The number of hydrogen-bond donors (Lipinski definition) is 0. The van der Waals surface area contributed by atoms with Gasteiger partial charge in [0.15, 0.2) is 0 Å². The molecule has 0 bridgehead atoms. The summed E-state index contributed by atoms with van der Waals surface area (Å²) in [4.78, 5) is 18.7. The van der Waals surface area contributed by atoms with Crippen LogP contribution in [0.1, 0.15) is 37.3 Å². The number of hydrogen-bond acceptors (Lipinski definition) is 3. The maximum atomic E-state index is 12.5. The van der Waals surface area contributed by atoms with Gasteiger partial charge in [0, 0.05) is 19.2 Å². The molecule has 25 heavy (non-hydrogen) atoms. The lowest BCUT2D eigenvalue weighted by molar-refractivity contribution is -0.129. The lowest BCUT2D eigenvalue weighted by Gasteiger charge is -2.17. The number of likely N-dealkylation sites (tertiary alicyclic amines) is 1. The molecule has 132 valence electrons. The highest BCUT2D eigenvalue weighted by Gasteiger charge is 2.28. The molecule has 1 fully saturated rings. The minimum Gasteiger partial charge on any atom is -0.472 e. The summed E-state index contributed by atoms with van der Waals surface area (Å²) in [7, 11) is 0. The molecule has 3 rings (SSSR count). The Morgan fingerprint density at radius 3 is 2.76 bits per heavy atom. The molecule has 1 aromatic carbocycles. The van der Waals surface area contributed by atoms with Crippen LogP contribution >= 0.6 is 15.9 Å². The van der Waals surface area contributed by atoms with E-state index in [1.807, 2.05) is 17.0 Å². The number of amides is 1. The number of carbonyl (C=O) groups excluding carboxylic acids is 1. The van der Waals surface area contributed by atoms with Gasteiger partial charge in [-0.05, 0) is 45.1 Å². The second-order valence-corrected chi connectivity index (χ2v) is 7.59. The van der Waals surface area contributed by atoms with Crippen LogP contribution in [0.3, 0.4) is 0 Å². The lowest BCUT2D eigenvalue weighted by atomic mass is 10.0. The average Bonchev–Trinajstić information content (AvgIpc) is 3.06. The van der Waals surface area contributed by atoms with E-state index in [9.17, 15) is 4.79 Å². The number of pyridine rings is 1. The molecule has 2 heterocycles. The highest BCUT2D eigenvalue weighted by molar-refractivity contribution is 9.10. The van der Waals surface area contributed by atoms with Crippen molar-refractivity contribution in [2.45, 2.75) is 38.7 Å². The molecule has 1 aliphatic heterocycles. The van der Waals surface area contributed by atoms with Crippen molar-refractivity contribution in [1.29, 1.82) is 0 Å². The Labute approximate surface area is 157 Å². The fraction of sp³-hybridized carbons (Fsp3) is 0.400. The van der Waals surface area contributed by atoms with Crippen LogP contribution in [-0.4, -0.2) is 35.0 Å². The van der Waals surface area contributed by atoms with Gasteiger partial charge in [0.25, 0.3) is 0 Å². The van der Waals surface area contributed by atoms with Crippen molar-refractivity contribution in [3.05, 3.63) is 58.2 Å². The smallest absolute Gasteiger partial charge is 0.228 e. The Kier molecular flexibility index (Phi) is 5.74. The lowest BCUT2D eigenvalue weighted by Crippen LogP contribution is -2.32. The zero-order chi connectivity index (χ0) is 17.8. The van der Waals surface area contributed by atoms with E-state index in [1.165, 1.54) is 5.56 Å². The highest BCUT2D eigenvalue weighted by Crippen LogP contribution is 2.25. The topological polar surface area (TPSA) is 42.4 Å². The Hall–Kier alpha value is -1.88. The molecule has 1 atom stereocenters. The van der Waals surface area contributed by atoms with Gasteiger partial charge >= 0.3 is 0 Å². The van der Waals surface area contributed by atoms with Gasteiger partial charge in [0.1, 0.15) is 6.10 Å². The van der Waals surface area contributed by atoms with Crippen molar-refractivity contribution in [3.8, 4) is 5.88 Å². The summed E-state index contributed by atoms with van der Waals surface area (Å²) in [6, 6.07) is 12.1. The van der Waals surface area contributed by atoms with E-state index in [1.54, 1.807) is 6.20 Å². The minimum atomic E-state index is -0.00142. The first-order valence-electron chi connectivity index (χ1n) is 8.66. The van der Waals surface area contributed by atoms with E-state index >= 15 is 0 Å². The number of carbonyl (C=O) groups is 1. The van der Waals surface area contributed by atoms with Gasteiger partial charge in [-0.25, -0.2) is 4.98 Å². The summed E-state index contributed by atoms with van der Waals surface area (Å²) in [5.74, 6) is 1.25. The van der Waals surface area contributed by atoms with Crippen LogP contribution < -0.4 is 4.74 Å². The van der Waals surface area contributed by atoms with Gasteiger partial charge in [0.2, 0.25) is 11.8 Å². The van der Waals surface area contributed by atoms with Gasteiger partial charge in [0.05, 0.1) is 17.4 Å². The predicted molar refractivity (Wildman–Crippen MR) is 102 cm³/mol. The largest absolute Gasteiger partial charge is 0.472 e. The number of halogens is 1. The van der Waals surface area contributed by atoms with Crippen molar-refractivity contribution >= 4 is 21.8 Å². The van der Waals surface area contributed by atoms with Crippen LogP contribution in [0, 0.1) is 0 Å². The molecule has 4 nitrogen and oxygen atoms in total. The summed E-state index contributed by atoms with van der Waals surface area (Å²) < 4.78 is 6.76. The van der Waals surface area contributed by atoms with E-state index in [2.05, 4.69) is 59.0 Å². The molecular formula is C20H23BrN2O2. The quantitative estimate of drug-likeness (QED) is 0.752. The molecule has 0 saturated carbocycles. The molecule has 2 aromatic rings. The van der Waals surface area contributed by atoms with Gasteiger partial charge < -0.3 is 9.64 Å². The van der Waals surface area contributed by atoms with Crippen LogP contribution in [-0.2, 0) is 11.2 Å². The average molecular weight is 403 g/mol. The molecule has 5 heteroatoms. The summed E-state index contributed by atoms with van der Waals surface area (Å²) >= 11 is 3.44. The fourth-order valence-corrected chi connectivity index (χ4v) is 3.32. The summed E-state index contributed by atoms with van der Waals surface area (Å²) in [5.41, 5.74) is 2.36. The van der Waals surface area contributed by atoms with Gasteiger partial charge in [-0.1, -0.05) is 38.1 Å². The maximum absolute atomic E-state index is 12.5. The Bertz CT molecular complexity index is 731. The van der Waals surface area contributed by atoms with E-state index in [0.29, 0.717) is 24.8 Å². The van der Waals surface area contributed by atoms with Crippen molar-refractivity contribution in [2.75, 3.05) is 13.1 Å². The van der Waals surface area contributed by atoms with Crippen LogP contribution in [0.25, 0.3) is 0 Å². The third kappa shape index (κ3) is 4.60. The standard InChI is InChI=1S/C20H23BrN2O2/c1-14(2)16-7-5-15(6-8-16)12-19(24)23-11-9-17(13-23)25-20-18(21)4-3-10-22-20/h3-8,10,14,17H,9,11-13H2,1-2H3. The third-order valence-corrected chi connectivity index (χ3v) is 5.11. The van der Waals surface area contributed by atoms with Crippen LogP contribution in [0.2, 0.25) is 0 Å². The second-order valence-electron chi connectivity index (χ2n) is 6.73. The Morgan fingerprint density at radius 2 is 2.08 bits per heavy atom. The SMILES string of the molecule is CC(C)c1ccc(CC(=O)N2CCC(Oc3ncccc3Br)C2)cc1. The van der Waals surface area contributed by atoms with Crippen LogP contribution in [0.4, 0.5) is 0 Å². The van der Waals surface area contributed by atoms with Gasteiger partial charge in [-0.15, -0.1) is 0 Å². The molecule has 0 spiro atoms. The number of ether oxygens (including phenoxy) is 1. The minimum absolute atomic E-state index is 0.00142. The van der Waals surface area contributed by atoms with Crippen molar-refractivity contribution < 1.29 is 9.53 Å². The van der Waals surface area contributed by atoms with Gasteiger partial charge in [-0.3, -0.25) is 4.79 Å². The molecule has 1 amide bonds. The molecule has 1 unspecified atom stereocenters. The molecule has 1 saturated heterocycles. The van der Waals surface area contributed by atoms with E-state index < -0.39 is 0 Å². The van der Waals surface area contributed by atoms with E-state index in [4.69, 9.17) is 4.74 Å². The summed E-state index contributed by atoms with van der Waals surface area (Å²) in [6.07, 6.45) is 2.98. The first-order chi connectivity index (χ1) is 12.0. The molecular weight excluding hydrogens is 380 g/mol. The van der Waals surface area contributed by atoms with E-state index in [0.717, 1.165) is 23.0 Å². The van der Waals surface area contributed by atoms with E-state index in [-0.39, 0.29) is 12.0 Å². The first kappa shape index (κ1) is 17.9. The number of benzene rings is 1. The van der Waals surface area contributed by atoms with Crippen molar-refractivity contribution in [1.82, 2.24) is 9.88 Å². The monoisotopic (exact) mass is 402 g/mol. The molecule has 0 aliphatic carbocycles. The molecule has 0 N–H and O–H groups in total. The van der Waals surface area contributed by atoms with Crippen molar-refractivity contribution in [2.24, 2.45) is 0 Å². The Morgan fingerprint density at radius 1 is 1.32 bits per heavy atom. The third-order valence-electron chi connectivity index (χ3n) is 4.50. The normalized spacial score (nSPS) is 17.1. The second kappa shape index (κ2) is 8.00. The zero-order valence-corrected chi connectivity index (χ0v) is 16.2. The predicted octanol–water partition coefficient (Wildman–Crippen LogP) is 4.19. The summed E-state index contributed by atoms with van der Waals surface area (Å²) in [6.45, 7) is 5.69. The molecule has 0 radical (unpaired) electrons. The van der Waals surface area contributed by atoms with Crippen LogP contribution in [0.15, 0.2) is 47.1 Å². The Balaban J connectivity index is 1.54. The zero-order valence-electron chi connectivity index (χ0n) is 14.6. The first-order valence-corrected chi connectivity index (χ1v) is 9.46. The highest BCUT2D eigenvalue weighted by atomic mass is 79.9. The summed E-state index contributed by atoms with van der Waals surface area (Å²) in [5, 5.41) is 0. The molecule has 1 aliphatic rings. The van der Waals surface area contributed by atoms with Crippen LogP contribution in [0.5, 0.6) is 5.88 Å².